The number of amides is 2. The third-order valence-electron chi connectivity index (χ3n) is 12.5. The Hall–Kier alpha value is -3.82. The van der Waals surface area contributed by atoms with Crippen molar-refractivity contribution >= 4 is 34.7 Å². The number of nitrogens with zero attached hydrogens (tertiary/aromatic N) is 3. The summed E-state index contributed by atoms with van der Waals surface area (Å²) in [5.41, 5.74) is 6.63. The van der Waals surface area contributed by atoms with Crippen LogP contribution in [0, 0.1) is 11.2 Å². The van der Waals surface area contributed by atoms with Gasteiger partial charge in [-0.3, -0.25) is 14.3 Å². The number of nitrogens with one attached hydrogen (secondary N) is 1. The Labute approximate surface area is 297 Å². The largest absolute Gasteiger partial charge is 0.497 e. The van der Waals surface area contributed by atoms with Gasteiger partial charge >= 0.3 is 0 Å². The van der Waals surface area contributed by atoms with Crippen molar-refractivity contribution in [1.82, 2.24) is 19.1 Å². The van der Waals surface area contributed by atoms with Gasteiger partial charge in [-0.05, 0) is 110 Å². The number of aromatic nitrogens is 1. The third-order valence-corrected chi connectivity index (χ3v) is 13.2. The van der Waals surface area contributed by atoms with Crippen LogP contribution in [-0.4, -0.2) is 65.5 Å². The molecule has 3 aromatic carbocycles. The highest BCUT2D eigenvalue weighted by Gasteiger charge is 2.65. The van der Waals surface area contributed by atoms with Gasteiger partial charge in [0.1, 0.15) is 11.6 Å². The maximum atomic E-state index is 15.1. The summed E-state index contributed by atoms with van der Waals surface area (Å²) in [6.07, 6.45) is 8.94. The molecule has 0 spiro atoms. The number of likely N-dealkylation sites (N-methyl/N-ethyl adjacent to an activating group) is 1. The summed E-state index contributed by atoms with van der Waals surface area (Å²) >= 11 is 1.20. The lowest BCUT2D eigenvalue weighted by molar-refractivity contribution is -0.143. The first kappa shape index (κ1) is 32.1. The normalized spacial score (nSPS) is 25.8. The molecule has 2 saturated heterocycles. The van der Waals surface area contributed by atoms with Gasteiger partial charge < -0.3 is 19.1 Å². The third kappa shape index (κ3) is 5.17. The van der Waals surface area contributed by atoms with Gasteiger partial charge in [-0.25, -0.2) is 4.39 Å². The maximum absolute atomic E-state index is 15.1. The number of carbonyl (C=O) groups excluding carboxylic acids is 2. The zero-order valence-electron chi connectivity index (χ0n) is 28.9. The highest BCUT2D eigenvalue weighted by atomic mass is 32.2. The Morgan fingerprint density at radius 2 is 1.76 bits per heavy atom. The first-order valence-electron chi connectivity index (χ1n) is 18.4. The van der Waals surface area contributed by atoms with Crippen molar-refractivity contribution in [2.45, 2.75) is 87.6 Å². The molecule has 2 saturated carbocycles. The molecule has 4 atom stereocenters. The van der Waals surface area contributed by atoms with E-state index in [4.69, 9.17) is 4.74 Å². The van der Waals surface area contributed by atoms with Gasteiger partial charge in [-0.2, -0.15) is 0 Å². The zero-order chi connectivity index (χ0) is 34.1. The average molecular weight is 693 g/mol. The van der Waals surface area contributed by atoms with Crippen LogP contribution in [0.15, 0.2) is 60.7 Å². The lowest BCUT2D eigenvalue weighted by Crippen LogP contribution is -2.57. The second-order valence-corrected chi connectivity index (χ2v) is 16.2. The second kappa shape index (κ2) is 12.4. The summed E-state index contributed by atoms with van der Waals surface area (Å²) in [6.45, 7) is 2.47. The second-order valence-electron chi connectivity index (χ2n) is 15.4. The molecule has 1 N–H and O–H groups in total. The summed E-state index contributed by atoms with van der Waals surface area (Å²) in [5.74, 6) is 1.54. The molecule has 3 aliphatic heterocycles. The predicted molar refractivity (Wildman–Crippen MR) is 196 cm³/mol. The number of hydrogen-bond acceptors (Lipinski definition) is 5. The molecule has 4 aromatic rings. The van der Waals surface area contributed by atoms with Crippen LogP contribution in [-0.2, 0) is 17.1 Å². The lowest BCUT2D eigenvalue weighted by atomic mass is 9.81. The van der Waals surface area contributed by atoms with Crippen LogP contribution in [0.2, 0.25) is 0 Å². The van der Waals surface area contributed by atoms with Gasteiger partial charge in [0.25, 0.3) is 5.91 Å². The monoisotopic (exact) mass is 692 g/mol. The van der Waals surface area contributed by atoms with Crippen molar-refractivity contribution in [3.05, 3.63) is 88.7 Å². The molecule has 4 unspecified atom stereocenters. The van der Waals surface area contributed by atoms with Crippen LogP contribution >= 0.6 is 11.9 Å². The van der Waals surface area contributed by atoms with Crippen LogP contribution in [0.4, 0.5) is 4.39 Å². The molecule has 260 valence electrons. The number of halogens is 1. The number of benzene rings is 3. The van der Waals surface area contributed by atoms with Crippen molar-refractivity contribution in [1.29, 1.82) is 0 Å². The van der Waals surface area contributed by atoms with E-state index < -0.39 is 5.41 Å². The van der Waals surface area contributed by atoms with E-state index in [1.54, 1.807) is 19.2 Å². The van der Waals surface area contributed by atoms with Gasteiger partial charge in [-0.1, -0.05) is 43.5 Å². The minimum absolute atomic E-state index is 0.120. The van der Waals surface area contributed by atoms with Gasteiger partial charge in [0.15, 0.2) is 0 Å². The first-order chi connectivity index (χ1) is 24.4. The van der Waals surface area contributed by atoms with Crippen LogP contribution in [0.3, 0.4) is 0 Å². The fourth-order valence-corrected chi connectivity index (χ4v) is 10.7. The van der Waals surface area contributed by atoms with Crippen molar-refractivity contribution in [2.24, 2.45) is 5.41 Å². The highest BCUT2D eigenvalue weighted by molar-refractivity contribution is 7.97. The number of likely N-dealkylation sites (tertiary alicyclic amines) is 1. The Bertz CT molecular complexity index is 1990. The fourth-order valence-electron chi connectivity index (χ4n) is 9.98. The van der Waals surface area contributed by atoms with Crippen molar-refractivity contribution in [3.63, 3.8) is 0 Å². The molecule has 50 heavy (non-hydrogen) atoms. The highest BCUT2D eigenvalue weighted by Crippen LogP contribution is 2.66. The van der Waals surface area contributed by atoms with E-state index in [1.165, 1.54) is 65.0 Å². The number of ether oxygens (including phenoxy) is 1. The first-order valence-corrected chi connectivity index (χ1v) is 19.4. The molecule has 9 rings (SSSR count). The fraction of sp³-hybridized carbons (Fsp3) is 0.463. The minimum Gasteiger partial charge on any atom is -0.497 e. The Morgan fingerprint density at radius 1 is 0.980 bits per heavy atom. The smallest absolute Gasteiger partial charge is 0.261 e. The molecule has 4 heterocycles. The molecule has 2 amide bonds. The number of carbonyl (C=O) groups is 2. The Morgan fingerprint density at radius 3 is 2.52 bits per heavy atom. The Kier molecular flexibility index (Phi) is 7.99. The van der Waals surface area contributed by atoms with Gasteiger partial charge in [-0.15, -0.1) is 0 Å². The lowest BCUT2D eigenvalue weighted by Gasteiger charge is -2.41. The van der Waals surface area contributed by atoms with Gasteiger partial charge in [0.05, 0.1) is 18.2 Å². The molecule has 0 radical (unpaired) electrons. The van der Waals surface area contributed by atoms with Gasteiger partial charge in [0.2, 0.25) is 5.91 Å². The van der Waals surface area contributed by atoms with Crippen molar-refractivity contribution in [3.8, 4) is 17.0 Å². The van der Waals surface area contributed by atoms with E-state index in [0.717, 1.165) is 56.5 Å². The SMILES string of the molecule is COc1ccc2c(c1)C1CC1(C(=O)N1C3CCC1CN(C)C3)Cn1c-2c(C2CCCCC2)c2ccc(C(=O)NSCc3ccccc3F)cc21. The molecule has 2 aliphatic carbocycles. The number of rotatable bonds is 7. The molecular weight excluding hydrogens is 648 g/mol. The average Bonchev–Trinajstić information content (AvgIpc) is 3.72. The molecular formula is C41H45FN4O3S. The maximum Gasteiger partial charge on any atom is 0.261 e. The molecule has 5 aliphatic rings. The van der Waals surface area contributed by atoms with Crippen LogP contribution in [0.5, 0.6) is 5.75 Å². The summed E-state index contributed by atoms with van der Waals surface area (Å²) < 4.78 is 25.4. The number of hydrogen-bond donors (Lipinski definition) is 1. The molecule has 7 nitrogen and oxygen atoms in total. The summed E-state index contributed by atoms with van der Waals surface area (Å²) in [7, 11) is 3.90. The summed E-state index contributed by atoms with van der Waals surface area (Å²) in [4.78, 5) is 33.3. The number of methoxy groups -OCH3 is 1. The van der Waals surface area contributed by atoms with E-state index in [2.05, 4.69) is 50.4 Å². The van der Waals surface area contributed by atoms with E-state index in [0.29, 0.717) is 35.2 Å². The van der Waals surface area contributed by atoms with Crippen LogP contribution in [0.25, 0.3) is 22.2 Å². The van der Waals surface area contributed by atoms with Crippen LogP contribution < -0.4 is 9.46 Å². The van der Waals surface area contributed by atoms with Crippen molar-refractivity contribution < 1.29 is 18.7 Å². The molecule has 2 bridgehead atoms. The predicted octanol–water partition coefficient (Wildman–Crippen LogP) is 7.87. The van der Waals surface area contributed by atoms with Crippen molar-refractivity contribution in [2.75, 3.05) is 27.2 Å². The number of piperazine rings is 1. The van der Waals surface area contributed by atoms with E-state index in [-0.39, 0.29) is 29.7 Å². The molecule has 4 fully saturated rings. The summed E-state index contributed by atoms with van der Waals surface area (Å²) in [5, 5.41) is 1.19. The van der Waals surface area contributed by atoms with E-state index >= 15 is 4.79 Å². The minimum atomic E-state index is -0.535. The van der Waals surface area contributed by atoms with E-state index in [9.17, 15) is 9.18 Å². The topological polar surface area (TPSA) is 66.8 Å². The zero-order valence-corrected chi connectivity index (χ0v) is 29.7. The molecule has 9 heteroatoms. The number of fused-ring (bicyclic) bond motifs is 9. The quantitative estimate of drug-likeness (QED) is 0.200. The van der Waals surface area contributed by atoms with Gasteiger partial charge in [0, 0.05) is 65.4 Å². The summed E-state index contributed by atoms with van der Waals surface area (Å²) in [6, 6.07) is 19.8. The van der Waals surface area contributed by atoms with E-state index in [1.807, 2.05) is 18.2 Å². The Balaban J connectivity index is 1.15. The standard InChI is InChI=1S/C41H45FN4O3S/c1-44-21-28-13-14-29(22-44)46(28)40(48)41-20-34(41)33-19-30(49-2)15-17-31(33)38-37(25-8-4-3-5-9-25)32-16-12-26(18-36(32)45(38)24-41)39(47)43-50-23-27-10-6-7-11-35(27)42/h6-7,10-12,15-19,25,28-29,34H,3-5,8-9,13-14,20-24H2,1-2H3,(H,43,47). The van der Waals surface area contributed by atoms with Crippen LogP contribution in [0.1, 0.15) is 90.3 Å². The molecule has 1 aromatic heterocycles.